The third-order valence-corrected chi connectivity index (χ3v) is 4.09. The van der Waals surface area contributed by atoms with Crippen LogP contribution in [0.2, 0.25) is 0 Å². The molecule has 0 radical (unpaired) electrons. The first kappa shape index (κ1) is 14.8. The van der Waals surface area contributed by atoms with Gasteiger partial charge < -0.3 is 9.64 Å². The van der Waals surface area contributed by atoms with Crippen LogP contribution in [-0.2, 0) is 11.8 Å². The smallest absolute Gasteiger partial charge is 0.169 e. The van der Waals surface area contributed by atoms with E-state index in [1.165, 1.54) is 22.4 Å². The van der Waals surface area contributed by atoms with Gasteiger partial charge in [0.2, 0.25) is 0 Å². The maximum Gasteiger partial charge on any atom is 0.169 e. The molecule has 3 heteroatoms. The molecule has 0 spiro atoms. The summed E-state index contributed by atoms with van der Waals surface area (Å²) in [6.07, 6.45) is 8.48. The van der Waals surface area contributed by atoms with Crippen LogP contribution in [0.3, 0.4) is 0 Å². The van der Waals surface area contributed by atoms with Gasteiger partial charge in [-0.3, -0.25) is 0 Å². The number of hydrogen-bond donors (Lipinski definition) is 0. The highest BCUT2D eigenvalue weighted by Gasteiger charge is 2.11. The van der Waals surface area contributed by atoms with E-state index in [-0.39, 0.29) is 0 Å². The predicted molar refractivity (Wildman–Crippen MR) is 90.8 cm³/mol. The number of pyridine rings is 1. The van der Waals surface area contributed by atoms with Gasteiger partial charge in [0.1, 0.15) is 7.05 Å². The molecule has 0 atom stereocenters. The fourth-order valence-electron chi connectivity index (χ4n) is 2.67. The highest BCUT2D eigenvalue weighted by atomic mass is 16.5. The summed E-state index contributed by atoms with van der Waals surface area (Å²) in [6, 6.07) is 10.9. The summed E-state index contributed by atoms with van der Waals surface area (Å²) >= 11 is 0. The SMILES string of the molecule is Cc1cc(N2CCOCC2)ccc1/C=C/c1cc[n+](C)cc1. The summed E-state index contributed by atoms with van der Waals surface area (Å²) in [4.78, 5) is 2.39. The van der Waals surface area contributed by atoms with Crippen LogP contribution in [0.5, 0.6) is 0 Å². The normalized spacial score (nSPS) is 15.5. The van der Waals surface area contributed by atoms with Gasteiger partial charge in [-0.15, -0.1) is 0 Å². The molecule has 0 saturated carbocycles. The van der Waals surface area contributed by atoms with Gasteiger partial charge >= 0.3 is 0 Å². The van der Waals surface area contributed by atoms with Crippen molar-refractivity contribution in [2.24, 2.45) is 7.05 Å². The molecule has 1 aliphatic rings. The Balaban J connectivity index is 1.75. The summed E-state index contributed by atoms with van der Waals surface area (Å²) in [5, 5.41) is 0. The zero-order valence-electron chi connectivity index (χ0n) is 13.3. The number of rotatable bonds is 3. The number of morpholine rings is 1. The summed E-state index contributed by atoms with van der Waals surface area (Å²) in [5.74, 6) is 0. The number of aromatic nitrogens is 1. The van der Waals surface area contributed by atoms with Crippen molar-refractivity contribution in [3.8, 4) is 0 Å². The topological polar surface area (TPSA) is 16.4 Å². The van der Waals surface area contributed by atoms with Crippen LogP contribution in [0.4, 0.5) is 5.69 Å². The molecule has 3 nitrogen and oxygen atoms in total. The Morgan fingerprint density at radius 2 is 1.77 bits per heavy atom. The van der Waals surface area contributed by atoms with Gasteiger partial charge in [-0.25, -0.2) is 4.57 Å². The molecule has 1 aromatic carbocycles. The molecule has 0 N–H and O–H groups in total. The molecule has 0 amide bonds. The number of anilines is 1. The number of benzene rings is 1. The van der Waals surface area contributed by atoms with Crippen LogP contribution >= 0.6 is 0 Å². The number of hydrogen-bond acceptors (Lipinski definition) is 2. The first-order chi connectivity index (χ1) is 10.7. The van der Waals surface area contributed by atoms with E-state index in [1.54, 1.807) is 0 Å². The van der Waals surface area contributed by atoms with Crippen molar-refractivity contribution in [2.75, 3.05) is 31.2 Å². The molecule has 114 valence electrons. The first-order valence-corrected chi connectivity index (χ1v) is 7.79. The van der Waals surface area contributed by atoms with Gasteiger partial charge in [0.25, 0.3) is 0 Å². The van der Waals surface area contributed by atoms with E-state index in [0.29, 0.717) is 0 Å². The second-order valence-corrected chi connectivity index (χ2v) is 5.77. The number of aryl methyl sites for hydroxylation is 2. The summed E-state index contributed by atoms with van der Waals surface area (Å²) < 4.78 is 7.46. The molecule has 0 aliphatic carbocycles. The summed E-state index contributed by atoms with van der Waals surface area (Å²) in [6.45, 7) is 5.79. The molecule has 1 saturated heterocycles. The second-order valence-electron chi connectivity index (χ2n) is 5.77. The Morgan fingerprint density at radius 3 is 2.45 bits per heavy atom. The molecule has 2 aromatic rings. The Hall–Kier alpha value is -2.13. The lowest BCUT2D eigenvalue weighted by Gasteiger charge is -2.29. The lowest BCUT2D eigenvalue weighted by atomic mass is 10.1. The standard InChI is InChI=1S/C19H23N2O/c1-16-15-19(21-11-13-22-14-12-21)6-5-18(16)4-3-17-7-9-20(2)10-8-17/h3-10,15H,11-14H2,1-2H3/q+1. The fraction of sp³-hybridized carbons (Fsp3) is 0.316. The van der Waals surface area contributed by atoms with Gasteiger partial charge in [-0.2, -0.15) is 0 Å². The minimum Gasteiger partial charge on any atom is -0.378 e. The Bertz CT molecular complexity index is 656. The highest BCUT2D eigenvalue weighted by Crippen LogP contribution is 2.21. The molecule has 0 bridgehead atoms. The highest BCUT2D eigenvalue weighted by molar-refractivity contribution is 5.72. The Kier molecular flexibility index (Phi) is 4.54. The summed E-state index contributed by atoms with van der Waals surface area (Å²) in [5.41, 5.74) is 5.09. The molecule has 1 fully saturated rings. The minimum absolute atomic E-state index is 0.826. The molecule has 1 aromatic heterocycles. The van der Waals surface area contributed by atoms with Crippen LogP contribution in [0.15, 0.2) is 42.7 Å². The van der Waals surface area contributed by atoms with Gasteiger partial charge in [0.05, 0.1) is 13.2 Å². The average Bonchev–Trinajstić information content (AvgIpc) is 2.56. The van der Waals surface area contributed by atoms with Crippen molar-refractivity contribution in [1.29, 1.82) is 0 Å². The quantitative estimate of drug-likeness (QED) is 0.810. The van der Waals surface area contributed by atoms with Crippen molar-refractivity contribution >= 4 is 17.8 Å². The van der Waals surface area contributed by atoms with E-state index in [0.717, 1.165) is 26.3 Å². The van der Waals surface area contributed by atoms with E-state index in [2.05, 4.69) is 66.7 Å². The van der Waals surface area contributed by atoms with Gasteiger partial charge in [-0.1, -0.05) is 18.2 Å². The van der Waals surface area contributed by atoms with Crippen molar-refractivity contribution < 1.29 is 9.30 Å². The van der Waals surface area contributed by atoms with Crippen LogP contribution in [0, 0.1) is 6.92 Å². The van der Waals surface area contributed by atoms with E-state index < -0.39 is 0 Å². The fourth-order valence-corrected chi connectivity index (χ4v) is 2.67. The lowest BCUT2D eigenvalue weighted by molar-refractivity contribution is -0.671. The van der Waals surface area contributed by atoms with E-state index in [4.69, 9.17) is 4.74 Å². The predicted octanol–water partition coefficient (Wildman–Crippen LogP) is 2.83. The van der Waals surface area contributed by atoms with Crippen molar-refractivity contribution in [2.45, 2.75) is 6.92 Å². The minimum atomic E-state index is 0.826. The average molecular weight is 295 g/mol. The van der Waals surface area contributed by atoms with E-state index in [9.17, 15) is 0 Å². The van der Waals surface area contributed by atoms with Crippen LogP contribution < -0.4 is 9.47 Å². The largest absolute Gasteiger partial charge is 0.378 e. The molecule has 22 heavy (non-hydrogen) atoms. The zero-order chi connectivity index (χ0) is 15.4. The Labute approximate surface area is 132 Å². The van der Waals surface area contributed by atoms with Crippen LogP contribution in [0.1, 0.15) is 16.7 Å². The van der Waals surface area contributed by atoms with E-state index in [1.807, 2.05) is 11.6 Å². The second kappa shape index (κ2) is 6.75. The van der Waals surface area contributed by atoms with E-state index >= 15 is 0 Å². The molecular weight excluding hydrogens is 272 g/mol. The van der Waals surface area contributed by atoms with Crippen molar-refractivity contribution in [1.82, 2.24) is 0 Å². The molecule has 1 aliphatic heterocycles. The van der Waals surface area contributed by atoms with Gasteiger partial charge in [0.15, 0.2) is 12.4 Å². The zero-order valence-corrected chi connectivity index (χ0v) is 13.3. The molecule has 0 unspecified atom stereocenters. The maximum absolute atomic E-state index is 5.42. The number of nitrogens with zero attached hydrogens (tertiary/aromatic N) is 2. The van der Waals surface area contributed by atoms with Gasteiger partial charge in [-0.05, 0) is 35.7 Å². The first-order valence-electron chi connectivity index (χ1n) is 7.79. The molecular formula is C19H23N2O+. The molecule has 3 rings (SSSR count). The summed E-state index contributed by atoms with van der Waals surface area (Å²) in [7, 11) is 2.03. The van der Waals surface area contributed by atoms with Crippen LogP contribution in [-0.4, -0.2) is 26.3 Å². The molecule has 2 heterocycles. The maximum atomic E-state index is 5.42. The van der Waals surface area contributed by atoms with Crippen molar-refractivity contribution in [3.05, 3.63) is 59.4 Å². The monoisotopic (exact) mass is 295 g/mol. The van der Waals surface area contributed by atoms with Crippen molar-refractivity contribution in [3.63, 3.8) is 0 Å². The van der Waals surface area contributed by atoms with Crippen LogP contribution in [0.25, 0.3) is 12.2 Å². The lowest BCUT2D eigenvalue weighted by Crippen LogP contribution is -2.36. The van der Waals surface area contributed by atoms with Gasteiger partial charge in [0, 0.05) is 30.9 Å². The third kappa shape index (κ3) is 3.55. The third-order valence-electron chi connectivity index (χ3n) is 4.09. The number of ether oxygens (including phenoxy) is 1. The Morgan fingerprint density at radius 1 is 1.05 bits per heavy atom.